The predicted molar refractivity (Wildman–Crippen MR) is 91.5 cm³/mol. The van der Waals surface area contributed by atoms with Gasteiger partial charge in [-0.25, -0.2) is 17.5 Å². The number of sulfonamides is 1. The first kappa shape index (κ1) is 18.2. The first-order valence-corrected chi connectivity index (χ1v) is 9.40. The van der Waals surface area contributed by atoms with E-state index in [1.54, 1.807) is 25.1 Å². The number of rotatable bonds is 4. The largest absolute Gasteiger partial charge is 0.398 e. The summed E-state index contributed by atoms with van der Waals surface area (Å²) in [6, 6.07) is 5.22. The number of carbonyl (C=O) groups is 1. The van der Waals surface area contributed by atoms with Crippen molar-refractivity contribution in [3.05, 3.63) is 29.3 Å². The molecule has 1 aromatic rings. The quantitative estimate of drug-likeness (QED) is 0.265. The average molecular weight is 354 g/mol. The molecule has 0 bridgehead atoms. The van der Waals surface area contributed by atoms with Crippen molar-refractivity contribution in [1.82, 2.24) is 4.31 Å². The number of carbonyl (C=O) groups excluding carboxylic acids is 1. The first-order chi connectivity index (χ1) is 11.2. The van der Waals surface area contributed by atoms with Crippen LogP contribution in [0.25, 0.3) is 0 Å². The Hall–Kier alpha value is -2.13. The molecule has 2 rings (SSSR count). The van der Waals surface area contributed by atoms with Crippen molar-refractivity contribution in [2.45, 2.75) is 19.8 Å². The number of hydrogen-bond donors (Lipinski definition) is 2. The van der Waals surface area contributed by atoms with Crippen LogP contribution in [0.15, 0.2) is 23.4 Å². The van der Waals surface area contributed by atoms with Gasteiger partial charge >= 0.3 is 5.97 Å². The highest BCUT2D eigenvalue weighted by atomic mass is 32.2. The van der Waals surface area contributed by atoms with Crippen molar-refractivity contribution < 1.29 is 18.0 Å². The van der Waals surface area contributed by atoms with Crippen molar-refractivity contribution in [2.75, 3.05) is 25.1 Å². The SMILES string of the molecule is Cc1c(N)cccc1/C(N)=N/OC(=O)C1CCN(S(C)(=O)=O)CC1. The van der Waals surface area contributed by atoms with Crippen LogP contribution in [0, 0.1) is 12.8 Å². The van der Waals surface area contributed by atoms with Crippen LogP contribution in [0.1, 0.15) is 24.0 Å². The summed E-state index contributed by atoms with van der Waals surface area (Å²) in [7, 11) is -3.22. The van der Waals surface area contributed by atoms with Gasteiger partial charge in [0.15, 0.2) is 5.84 Å². The molecule has 9 heteroatoms. The van der Waals surface area contributed by atoms with E-state index < -0.39 is 16.0 Å². The molecule has 1 saturated heterocycles. The van der Waals surface area contributed by atoms with Gasteiger partial charge in [0, 0.05) is 24.3 Å². The predicted octanol–water partition coefficient (Wildman–Crippen LogP) is 0.412. The summed E-state index contributed by atoms with van der Waals surface area (Å²) in [6.07, 6.45) is 1.96. The molecule has 0 saturated carbocycles. The lowest BCUT2D eigenvalue weighted by Gasteiger charge is -2.28. The summed E-state index contributed by atoms with van der Waals surface area (Å²) in [5, 5.41) is 3.70. The van der Waals surface area contributed by atoms with Crippen LogP contribution >= 0.6 is 0 Å². The molecule has 1 heterocycles. The second-order valence-corrected chi connectivity index (χ2v) is 7.83. The number of benzene rings is 1. The van der Waals surface area contributed by atoms with Gasteiger partial charge in [0.05, 0.1) is 12.2 Å². The van der Waals surface area contributed by atoms with Crippen LogP contribution in [-0.4, -0.2) is 43.9 Å². The summed E-state index contributed by atoms with van der Waals surface area (Å²) >= 11 is 0. The van der Waals surface area contributed by atoms with Crippen molar-refractivity contribution in [3.63, 3.8) is 0 Å². The van der Waals surface area contributed by atoms with Crippen LogP contribution in [0.4, 0.5) is 5.69 Å². The summed E-state index contributed by atoms with van der Waals surface area (Å²) in [6.45, 7) is 2.40. The molecule has 132 valence electrons. The van der Waals surface area contributed by atoms with Gasteiger partial charge in [-0.05, 0) is 31.4 Å². The van der Waals surface area contributed by atoms with Crippen molar-refractivity contribution in [1.29, 1.82) is 0 Å². The molecule has 0 radical (unpaired) electrons. The Kier molecular flexibility index (Phi) is 5.45. The Morgan fingerprint density at radius 1 is 1.33 bits per heavy atom. The standard InChI is InChI=1S/C15H22N4O4S/c1-10-12(4-3-5-13(10)16)14(17)18-23-15(20)11-6-8-19(9-7-11)24(2,21)22/h3-5,11H,6-9,16H2,1-2H3,(H2,17,18). The molecule has 0 unspecified atom stereocenters. The smallest absolute Gasteiger partial charge is 0.338 e. The number of piperidine rings is 1. The maximum absolute atomic E-state index is 12.1. The highest BCUT2D eigenvalue weighted by molar-refractivity contribution is 7.88. The summed E-state index contributed by atoms with van der Waals surface area (Å²) < 4.78 is 24.3. The lowest BCUT2D eigenvalue weighted by Crippen LogP contribution is -2.39. The fourth-order valence-electron chi connectivity index (χ4n) is 2.57. The van der Waals surface area contributed by atoms with Gasteiger partial charge in [0.25, 0.3) is 0 Å². The Bertz CT molecular complexity index is 753. The zero-order valence-electron chi connectivity index (χ0n) is 13.7. The van der Waals surface area contributed by atoms with E-state index in [1.165, 1.54) is 4.31 Å². The Balaban J connectivity index is 1.97. The zero-order chi connectivity index (χ0) is 17.9. The van der Waals surface area contributed by atoms with Gasteiger partial charge in [-0.3, -0.25) is 0 Å². The molecule has 0 amide bonds. The molecule has 4 N–H and O–H groups in total. The van der Waals surface area contributed by atoms with Crippen molar-refractivity contribution >= 4 is 27.5 Å². The van der Waals surface area contributed by atoms with Gasteiger partial charge in [-0.1, -0.05) is 17.3 Å². The third-order valence-corrected chi connectivity index (χ3v) is 5.45. The molecule has 1 fully saturated rings. The second kappa shape index (κ2) is 7.18. The van der Waals surface area contributed by atoms with Gasteiger partial charge in [-0.2, -0.15) is 0 Å². The number of nitrogens with two attached hydrogens (primary N) is 2. The molecule has 0 spiro atoms. The lowest BCUT2D eigenvalue weighted by molar-refractivity contribution is -0.149. The van der Waals surface area contributed by atoms with Gasteiger partial charge in [0.2, 0.25) is 10.0 Å². The molecular formula is C15H22N4O4S. The Morgan fingerprint density at radius 3 is 2.54 bits per heavy atom. The molecule has 0 aromatic heterocycles. The molecule has 8 nitrogen and oxygen atoms in total. The second-order valence-electron chi connectivity index (χ2n) is 5.84. The number of nitrogens with zero attached hydrogens (tertiary/aromatic N) is 2. The maximum atomic E-state index is 12.1. The minimum atomic E-state index is -3.22. The third-order valence-electron chi connectivity index (χ3n) is 4.14. The number of nitrogen functional groups attached to an aromatic ring is 1. The van der Waals surface area contributed by atoms with Crippen LogP contribution in [-0.2, 0) is 19.7 Å². The number of amidine groups is 1. The van der Waals surface area contributed by atoms with E-state index in [2.05, 4.69) is 5.16 Å². The monoisotopic (exact) mass is 354 g/mol. The fraction of sp³-hybridized carbons (Fsp3) is 0.467. The van der Waals surface area contributed by atoms with E-state index in [0.717, 1.165) is 11.8 Å². The third kappa shape index (κ3) is 4.24. The molecular weight excluding hydrogens is 332 g/mol. The van der Waals surface area contributed by atoms with Crippen LogP contribution in [0.5, 0.6) is 0 Å². The lowest BCUT2D eigenvalue weighted by atomic mass is 9.99. The molecule has 24 heavy (non-hydrogen) atoms. The number of oxime groups is 1. The van der Waals surface area contributed by atoms with E-state index in [9.17, 15) is 13.2 Å². The van der Waals surface area contributed by atoms with Crippen molar-refractivity contribution in [2.24, 2.45) is 16.8 Å². The van der Waals surface area contributed by atoms with Gasteiger partial charge in [-0.15, -0.1) is 0 Å². The van der Waals surface area contributed by atoms with Crippen LogP contribution in [0.3, 0.4) is 0 Å². The van der Waals surface area contributed by atoms with Gasteiger partial charge < -0.3 is 16.3 Å². The van der Waals surface area contributed by atoms with E-state index in [0.29, 0.717) is 37.2 Å². The Morgan fingerprint density at radius 2 is 1.96 bits per heavy atom. The van der Waals surface area contributed by atoms with E-state index >= 15 is 0 Å². The zero-order valence-corrected chi connectivity index (χ0v) is 14.5. The van der Waals surface area contributed by atoms with E-state index in [1.807, 2.05) is 0 Å². The fourth-order valence-corrected chi connectivity index (χ4v) is 3.45. The Labute approximate surface area is 141 Å². The highest BCUT2D eigenvalue weighted by Gasteiger charge is 2.30. The highest BCUT2D eigenvalue weighted by Crippen LogP contribution is 2.21. The molecule has 1 aliphatic rings. The van der Waals surface area contributed by atoms with Gasteiger partial charge in [0.1, 0.15) is 0 Å². The van der Waals surface area contributed by atoms with Crippen LogP contribution in [0.2, 0.25) is 0 Å². The number of anilines is 1. The maximum Gasteiger partial charge on any atom is 0.338 e. The number of hydrogen-bond acceptors (Lipinski definition) is 6. The minimum Gasteiger partial charge on any atom is -0.398 e. The topological polar surface area (TPSA) is 128 Å². The van der Waals surface area contributed by atoms with Crippen molar-refractivity contribution in [3.8, 4) is 0 Å². The molecule has 0 atom stereocenters. The van der Waals surface area contributed by atoms with E-state index in [4.69, 9.17) is 16.3 Å². The minimum absolute atomic E-state index is 0.0710. The summed E-state index contributed by atoms with van der Waals surface area (Å²) in [4.78, 5) is 17.0. The summed E-state index contributed by atoms with van der Waals surface area (Å²) in [5.74, 6) is -0.823. The summed E-state index contributed by atoms with van der Waals surface area (Å²) in [5.41, 5.74) is 13.6. The first-order valence-electron chi connectivity index (χ1n) is 7.55. The molecule has 1 aromatic carbocycles. The van der Waals surface area contributed by atoms with Crippen LogP contribution < -0.4 is 11.5 Å². The van der Waals surface area contributed by atoms with E-state index in [-0.39, 0.29) is 11.8 Å². The average Bonchev–Trinajstić information content (AvgIpc) is 2.54. The molecule has 1 aliphatic heterocycles. The molecule has 0 aliphatic carbocycles. The normalized spacial score (nSPS) is 17.7.